The molecule has 0 aliphatic carbocycles. The molecule has 0 fully saturated rings. The highest BCUT2D eigenvalue weighted by molar-refractivity contribution is 6.10. The minimum Gasteiger partial charge on any atom is -0.494 e. The van der Waals surface area contributed by atoms with Crippen LogP contribution in [0.5, 0.6) is 5.75 Å². The molecule has 2 aromatic carbocycles. The number of amides is 1. The Labute approximate surface area is 185 Å². The number of nitrogens with zero attached hydrogens (tertiary/aromatic N) is 2. The molecule has 6 nitrogen and oxygen atoms in total. The molecule has 3 heterocycles. The number of H-pyrrole nitrogens is 1. The van der Waals surface area contributed by atoms with Crippen LogP contribution in [-0.4, -0.2) is 40.5 Å². The number of rotatable bonds is 5. The third-order valence-corrected chi connectivity index (χ3v) is 6.46. The van der Waals surface area contributed by atoms with Gasteiger partial charge in [0.15, 0.2) is 11.6 Å². The summed E-state index contributed by atoms with van der Waals surface area (Å²) in [6, 6.07) is 12.9. The molecule has 3 N–H and O–H groups in total. The fourth-order valence-electron chi connectivity index (χ4n) is 4.68. The van der Waals surface area contributed by atoms with E-state index in [0.717, 1.165) is 46.3 Å². The zero-order valence-corrected chi connectivity index (χ0v) is 18.1. The van der Waals surface area contributed by atoms with Crippen LogP contribution in [0.4, 0.5) is 4.39 Å². The van der Waals surface area contributed by atoms with E-state index in [2.05, 4.69) is 22.0 Å². The van der Waals surface area contributed by atoms with Crippen LogP contribution in [0.15, 0.2) is 42.5 Å². The quantitative estimate of drug-likeness (QED) is 0.504. The first-order chi connectivity index (χ1) is 15.5. The number of primary amides is 1. The van der Waals surface area contributed by atoms with Crippen molar-refractivity contribution in [1.82, 2.24) is 14.9 Å². The van der Waals surface area contributed by atoms with Crippen molar-refractivity contribution in [3.8, 4) is 5.75 Å². The average molecular weight is 432 g/mol. The number of nitrogens with one attached hydrogen (secondary N) is 1. The number of aromatic amines is 1. The summed E-state index contributed by atoms with van der Waals surface area (Å²) in [5.74, 6) is -0.508. The van der Waals surface area contributed by atoms with Gasteiger partial charge in [0.2, 0.25) is 5.91 Å². The molecule has 2 aromatic heterocycles. The fraction of sp³-hybridized carbons (Fsp3) is 0.280. The number of nitrogens with two attached hydrogens (primary N) is 1. The van der Waals surface area contributed by atoms with Gasteiger partial charge in [-0.1, -0.05) is 24.3 Å². The average Bonchev–Trinajstić information content (AvgIpc) is 3.18. The van der Waals surface area contributed by atoms with E-state index in [1.807, 2.05) is 25.1 Å². The zero-order chi connectivity index (χ0) is 22.4. The van der Waals surface area contributed by atoms with Crippen molar-refractivity contribution in [1.29, 1.82) is 0 Å². The number of carbonyl (C=O) groups excluding carboxylic acids is 1. The standard InChI is InChI=1S/C25H25FN4O2/c1-14(25(27)31)30-10-9-17-21(13-30)28-20(12-15-7-8-22(32-2)18(26)11-15)24-23(17)16-5-3-4-6-19(16)29-24/h3-8,11,14,29H,9-10,12-13H2,1-2H3,(H2,27,31). The lowest BCUT2D eigenvalue weighted by Crippen LogP contribution is -2.45. The third kappa shape index (κ3) is 3.39. The van der Waals surface area contributed by atoms with E-state index in [-0.39, 0.29) is 17.7 Å². The second-order valence-electron chi connectivity index (χ2n) is 8.35. The summed E-state index contributed by atoms with van der Waals surface area (Å²) < 4.78 is 19.4. The molecule has 1 amide bonds. The van der Waals surface area contributed by atoms with E-state index < -0.39 is 5.82 Å². The lowest BCUT2D eigenvalue weighted by molar-refractivity contribution is -0.123. The van der Waals surface area contributed by atoms with Crippen molar-refractivity contribution in [3.05, 3.63) is 70.8 Å². The highest BCUT2D eigenvalue weighted by atomic mass is 19.1. The maximum absolute atomic E-state index is 14.3. The number of aromatic nitrogens is 2. The number of fused-ring (bicyclic) bond motifs is 5. The van der Waals surface area contributed by atoms with Gasteiger partial charge in [-0.2, -0.15) is 0 Å². The van der Waals surface area contributed by atoms with E-state index in [1.54, 1.807) is 6.07 Å². The van der Waals surface area contributed by atoms with E-state index in [9.17, 15) is 9.18 Å². The van der Waals surface area contributed by atoms with Crippen LogP contribution >= 0.6 is 0 Å². The summed E-state index contributed by atoms with van der Waals surface area (Å²) in [7, 11) is 1.45. The van der Waals surface area contributed by atoms with Crippen LogP contribution in [0, 0.1) is 5.82 Å². The molecule has 7 heteroatoms. The SMILES string of the molecule is COc1ccc(Cc2nc3c(c4c2[nH]c2ccccc24)CCN(C(C)C(N)=O)C3)cc1F. The number of benzene rings is 2. The molecule has 32 heavy (non-hydrogen) atoms. The van der Waals surface area contributed by atoms with Gasteiger partial charge < -0.3 is 15.5 Å². The van der Waals surface area contributed by atoms with Crippen molar-refractivity contribution >= 4 is 27.7 Å². The van der Waals surface area contributed by atoms with Gasteiger partial charge in [0.1, 0.15) is 0 Å². The first-order valence-electron chi connectivity index (χ1n) is 10.7. The number of methoxy groups -OCH3 is 1. The minimum atomic E-state index is -0.391. The molecule has 1 aliphatic heterocycles. The molecular weight excluding hydrogens is 407 g/mol. The van der Waals surface area contributed by atoms with Crippen LogP contribution in [0.2, 0.25) is 0 Å². The predicted molar refractivity (Wildman–Crippen MR) is 122 cm³/mol. The van der Waals surface area contributed by atoms with Gasteiger partial charge in [0.05, 0.1) is 30.1 Å². The van der Waals surface area contributed by atoms with E-state index in [4.69, 9.17) is 15.5 Å². The molecule has 1 unspecified atom stereocenters. The zero-order valence-electron chi connectivity index (χ0n) is 18.1. The van der Waals surface area contributed by atoms with Crippen molar-refractivity contribution in [3.63, 3.8) is 0 Å². The Hall–Kier alpha value is -3.45. The Kier molecular flexibility index (Phi) is 5.06. The number of halogens is 1. The van der Waals surface area contributed by atoms with Gasteiger partial charge in [0.25, 0.3) is 0 Å². The summed E-state index contributed by atoms with van der Waals surface area (Å²) >= 11 is 0. The molecule has 1 aliphatic rings. The van der Waals surface area contributed by atoms with E-state index >= 15 is 0 Å². The maximum Gasteiger partial charge on any atom is 0.234 e. The lowest BCUT2D eigenvalue weighted by atomic mass is 9.95. The second-order valence-corrected chi connectivity index (χ2v) is 8.35. The van der Waals surface area contributed by atoms with Crippen LogP contribution in [0.1, 0.15) is 29.4 Å². The van der Waals surface area contributed by atoms with E-state index in [1.165, 1.54) is 24.1 Å². The monoisotopic (exact) mass is 432 g/mol. The van der Waals surface area contributed by atoms with Crippen LogP contribution in [0.3, 0.4) is 0 Å². The fourth-order valence-corrected chi connectivity index (χ4v) is 4.68. The minimum absolute atomic E-state index is 0.221. The highest BCUT2D eigenvalue weighted by Gasteiger charge is 2.28. The summed E-state index contributed by atoms with van der Waals surface area (Å²) in [4.78, 5) is 22.4. The van der Waals surface area contributed by atoms with Crippen molar-refractivity contribution < 1.29 is 13.9 Å². The van der Waals surface area contributed by atoms with Gasteiger partial charge in [0, 0.05) is 35.8 Å². The number of ether oxygens (including phenoxy) is 1. The largest absolute Gasteiger partial charge is 0.494 e. The summed E-state index contributed by atoms with van der Waals surface area (Å²) in [5.41, 5.74) is 11.4. The van der Waals surface area contributed by atoms with Crippen LogP contribution < -0.4 is 10.5 Å². The van der Waals surface area contributed by atoms with Crippen molar-refractivity contribution in [2.24, 2.45) is 5.73 Å². The lowest BCUT2D eigenvalue weighted by Gasteiger charge is -2.32. The topological polar surface area (TPSA) is 84.2 Å². The van der Waals surface area contributed by atoms with Crippen molar-refractivity contribution in [2.75, 3.05) is 13.7 Å². The summed E-state index contributed by atoms with van der Waals surface area (Å²) in [6.07, 6.45) is 1.26. The number of hydrogen-bond acceptors (Lipinski definition) is 4. The Morgan fingerprint density at radius 2 is 2.12 bits per heavy atom. The van der Waals surface area contributed by atoms with Gasteiger partial charge in [-0.15, -0.1) is 0 Å². The number of carbonyl (C=O) groups is 1. The van der Waals surface area contributed by atoms with Gasteiger partial charge in [-0.05, 0) is 42.7 Å². The molecule has 4 aromatic rings. The Morgan fingerprint density at radius 3 is 2.88 bits per heavy atom. The van der Waals surface area contributed by atoms with Gasteiger partial charge >= 0.3 is 0 Å². The normalized spacial score (nSPS) is 15.1. The Bertz CT molecular complexity index is 1350. The summed E-state index contributed by atoms with van der Waals surface area (Å²) in [6.45, 7) is 3.13. The molecule has 0 saturated carbocycles. The number of pyridine rings is 1. The number of para-hydroxylation sites is 1. The third-order valence-electron chi connectivity index (χ3n) is 6.46. The van der Waals surface area contributed by atoms with Crippen LogP contribution in [0.25, 0.3) is 21.8 Å². The Morgan fingerprint density at radius 1 is 1.31 bits per heavy atom. The summed E-state index contributed by atoms with van der Waals surface area (Å²) in [5, 5.41) is 2.32. The molecule has 1 atom stereocenters. The first-order valence-corrected chi connectivity index (χ1v) is 10.7. The Balaban J connectivity index is 1.66. The van der Waals surface area contributed by atoms with Crippen LogP contribution in [-0.2, 0) is 24.2 Å². The highest BCUT2D eigenvalue weighted by Crippen LogP contribution is 2.35. The molecule has 164 valence electrons. The predicted octanol–water partition coefficient (Wildman–Crippen LogP) is 3.69. The molecule has 0 spiro atoms. The molecular formula is C25H25FN4O2. The molecule has 5 rings (SSSR count). The number of hydrogen-bond donors (Lipinski definition) is 2. The second kappa shape index (κ2) is 7.91. The first kappa shape index (κ1) is 20.5. The molecule has 0 radical (unpaired) electrons. The van der Waals surface area contributed by atoms with Gasteiger partial charge in [-0.25, -0.2) is 4.39 Å². The maximum atomic E-state index is 14.3. The molecule has 0 saturated heterocycles. The molecule has 0 bridgehead atoms. The van der Waals surface area contributed by atoms with Crippen molar-refractivity contribution in [2.45, 2.75) is 32.4 Å². The smallest absolute Gasteiger partial charge is 0.234 e. The van der Waals surface area contributed by atoms with Gasteiger partial charge in [-0.3, -0.25) is 14.7 Å². The van der Waals surface area contributed by atoms with E-state index in [0.29, 0.717) is 13.0 Å².